The normalized spacial score (nSPS) is 11.4. The summed E-state index contributed by atoms with van der Waals surface area (Å²) in [7, 11) is -2.51. The van der Waals surface area contributed by atoms with Crippen LogP contribution in [0.3, 0.4) is 0 Å². The van der Waals surface area contributed by atoms with E-state index in [1.54, 1.807) is 24.5 Å². The standard InChI is InChI=1S/C27H26N4O4S/c1-35-27(32)13-10-21-5-4-6-23(15-21)19-31(36(33,34)26-7-2-3-14-30-26)18-22-8-11-24(12-9-22)25-16-28-20-29-17-25/h2-9,11-12,14-17,20H,10,13,18-19H2,1H3. The van der Waals surface area contributed by atoms with Gasteiger partial charge in [0.1, 0.15) is 6.33 Å². The minimum Gasteiger partial charge on any atom is -0.469 e. The Kier molecular flexibility index (Phi) is 8.14. The average Bonchev–Trinajstić information content (AvgIpc) is 2.93. The number of hydrogen-bond donors (Lipinski definition) is 0. The second-order valence-electron chi connectivity index (χ2n) is 8.16. The maximum absolute atomic E-state index is 13.6. The smallest absolute Gasteiger partial charge is 0.305 e. The molecule has 2 aromatic carbocycles. The predicted octanol–water partition coefficient (Wildman–Crippen LogP) is 4.04. The van der Waals surface area contributed by atoms with Gasteiger partial charge in [-0.15, -0.1) is 0 Å². The van der Waals surface area contributed by atoms with E-state index in [9.17, 15) is 13.2 Å². The Bertz CT molecular complexity index is 1400. The van der Waals surface area contributed by atoms with Gasteiger partial charge in [-0.1, -0.05) is 54.6 Å². The van der Waals surface area contributed by atoms with Crippen LogP contribution in [0.5, 0.6) is 0 Å². The Labute approximate surface area is 210 Å². The van der Waals surface area contributed by atoms with E-state index in [0.717, 1.165) is 27.8 Å². The van der Waals surface area contributed by atoms with Gasteiger partial charge in [0.05, 0.1) is 7.11 Å². The fourth-order valence-electron chi connectivity index (χ4n) is 3.75. The Hall–Kier alpha value is -3.95. The Morgan fingerprint density at radius 1 is 0.861 bits per heavy atom. The first-order valence-electron chi connectivity index (χ1n) is 11.4. The molecule has 0 unspecified atom stereocenters. The van der Waals surface area contributed by atoms with Gasteiger partial charge in [-0.25, -0.2) is 23.4 Å². The van der Waals surface area contributed by atoms with E-state index in [4.69, 9.17) is 4.74 Å². The van der Waals surface area contributed by atoms with E-state index >= 15 is 0 Å². The largest absolute Gasteiger partial charge is 0.469 e. The summed E-state index contributed by atoms with van der Waals surface area (Å²) in [5.74, 6) is -0.287. The van der Waals surface area contributed by atoms with Crippen LogP contribution in [0.4, 0.5) is 0 Å². The topological polar surface area (TPSA) is 102 Å². The number of esters is 1. The summed E-state index contributed by atoms with van der Waals surface area (Å²) in [6, 6.07) is 20.0. The molecule has 0 amide bonds. The van der Waals surface area contributed by atoms with E-state index in [0.29, 0.717) is 6.42 Å². The number of pyridine rings is 1. The molecule has 0 fully saturated rings. The molecular weight excluding hydrogens is 476 g/mol. The molecule has 4 rings (SSSR count). The van der Waals surface area contributed by atoms with Gasteiger partial charge < -0.3 is 4.74 Å². The SMILES string of the molecule is COC(=O)CCc1cccc(CN(Cc2ccc(-c3cncnc3)cc2)S(=O)(=O)c2ccccn2)c1. The number of methoxy groups -OCH3 is 1. The third-order valence-corrected chi connectivity index (χ3v) is 7.35. The lowest BCUT2D eigenvalue weighted by molar-refractivity contribution is -0.140. The van der Waals surface area contributed by atoms with Crippen LogP contribution in [0.15, 0.2) is 96.7 Å². The van der Waals surface area contributed by atoms with E-state index in [2.05, 4.69) is 15.0 Å². The van der Waals surface area contributed by atoms with Crippen molar-refractivity contribution in [1.82, 2.24) is 19.3 Å². The molecule has 8 nitrogen and oxygen atoms in total. The summed E-state index contributed by atoms with van der Waals surface area (Å²) < 4.78 is 33.2. The van der Waals surface area contributed by atoms with Gasteiger partial charge in [0.15, 0.2) is 5.03 Å². The molecule has 36 heavy (non-hydrogen) atoms. The zero-order valence-corrected chi connectivity index (χ0v) is 20.6. The van der Waals surface area contributed by atoms with Crippen LogP contribution in [0.1, 0.15) is 23.1 Å². The van der Waals surface area contributed by atoms with Crippen molar-refractivity contribution in [2.24, 2.45) is 0 Å². The molecule has 0 atom stereocenters. The molecule has 0 saturated carbocycles. The molecular formula is C27H26N4O4S. The van der Waals surface area contributed by atoms with Gasteiger partial charge >= 0.3 is 5.97 Å². The molecule has 0 spiro atoms. The van der Waals surface area contributed by atoms with Crippen molar-refractivity contribution < 1.29 is 17.9 Å². The molecule has 0 saturated heterocycles. The molecule has 184 valence electrons. The van der Waals surface area contributed by atoms with Crippen molar-refractivity contribution in [3.8, 4) is 11.1 Å². The molecule has 0 aliphatic rings. The van der Waals surface area contributed by atoms with Gasteiger partial charge in [0, 0.05) is 43.7 Å². The highest BCUT2D eigenvalue weighted by molar-refractivity contribution is 7.89. The van der Waals surface area contributed by atoms with Gasteiger partial charge in [-0.05, 0) is 40.8 Å². The van der Waals surface area contributed by atoms with Crippen LogP contribution in [-0.2, 0) is 39.1 Å². The van der Waals surface area contributed by atoms with Crippen molar-refractivity contribution >= 4 is 16.0 Å². The highest BCUT2D eigenvalue weighted by atomic mass is 32.2. The maximum atomic E-state index is 13.6. The first-order valence-corrected chi connectivity index (χ1v) is 12.8. The molecule has 0 aliphatic carbocycles. The van der Waals surface area contributed by atoms with Crippen molar-refractivity contribution in [3.05, 3.63) is 108 Å². The number of rotatable bonds is 10. The van der Waals surface area contributed by atoms with Crippen LogP contribution in [0, 0.1) is 0 Å². The van der Waals surface area contributed by atoms with E-state index in [1.807, 2.05) is 48.5 Å². The van der Waals surface area contributed by atoms with Crippen LogP contribution in [0.25, 0.3) is 11.1 Å². The lowest BCUT2D eigenvalue weighted by atomic mass is 10.1. The molecule has 0 radical (unpaired) electrons. The van der Waals surface area contributed by atoms with Gasteiger partial charge in [0.25, 0.3) is 10.0 Å². The maximum Gasteiger partial charge on any atom is 0.305 e. The Morgan fingerprint density at radius 3 is 2.28 bits per heavy atom. The lowest BCUT2D eigenvalue weighted by Crippen LogP contribution is -2.31. The summed E-state index contributed by atoms with van der Waals surface area (Å²) in [5, 5.41) is -0.00935. The zero-order valence-electron chi connectivity index (χ0n) is 19.8. The second kappa shape index (κ2) is 11.7. The number of carbonyl (C=O) groups is 1. The van der Waals surface area contributed by atoms with Crippen LogP contribution < -0.4 is 0 Å². The summed E-state index contributed by atoms with van der Waals surface area (Å²) in [6.07, 6.45) is 7.17. The van der Waals surface area contributed by atoms with Gasteiger partial charge in [-0.3, -0.25) is 4.79 Å². The number of aryl methyl sites for hydroxylation is 1. The number of ether oxygens (including phenoxy) is 1. The van der Waals surface area contributed by atoms with Crippen LogP contribution in [0.2, 0.25) is 0 Å². The number of sulfonamides is 1. The number of carbonyl (C=O) groups excluding carboxylic acids is 1. The number of aromatic nitrogens is 3. The molecule has 2 aromatic heterocycles. The Morgan fingerprint density at radius 2 is 1.58 bits per heavy atom. The van der Waals surface area contributed by atoms with E-state index in [-0.39, 0.29) is 30.5 Å². The molecule has 4 aromatic rings. The predicted molar refractivity (Wildman–Crippen MR) is 135 cm³/mol. The number of hydrogen-bond acceptors (Lipinski definition) is 7. The van der Waals surface area contributed by atoms with Crippen LogP contribution >= 0.6 is 0 Å². The van der Waals surface area contributed by atoms with E-state index in [1.165, 1.54) is 30.0 Å². The molecule has 2 heterocycles. The first kappa shape index (κ1) is 25.2. The number of nitrogens with zero attached hydrogens (tertiary/aromatic N) is 4. The average molecular weight is 503 g/mol. The van der Waals surface area contributed by atoms with Crippen molar-refractivity contribution in [2.75, 3.05) is 7.11 Å². The van der Waals surface area contributed by atoms with Crippen molar-refractivity contribution in [3.63, 3.8) is 0 Å². The highest BCUT2D eigenvalue weighted by Crippen LogP contribution is 2.23. The fourth-order valence-corrected chi connectivity index (χ4v) is 5.10. The highest BCUT2D eigenvalue weighted by Gasteiger charge is 2.26. The van der Waals surface area contributed by atoms with Crippen molar-refractivity contribution in [2.45, 2.75) is 31.0 Å². The van der Waals surface area contributed by atoms with E-state index < -0.39 is 10.0 Å². The van der Waals surface area contributed by atoms with Gasteiger partial charge in [0.2, 0.25) is 0 Å². The summed E-state index contributed by atoms with van der Waals surface area (Å²) >= 11 is 0. The molecule has 0 bridgehead atoms. The second-order valence-corrected chi connectivity index (χ2v) is 10.0. The molecule has 9 heteroatoms. The minimum atomic E-state index is -3.87. The molecule has 0 N–H and O–H groups in total. The summed E-state index contributed by atoms with van der Waals surface area (Å²) in [6.45, 7) is 0.316. The summed E-state index contributed by atoms with van der Waals surface area (Å²) in [4.78, 5) is 23.7. The fraction of sp³-hybridized carbons (Fsp3) is 0.185. The first-order chi connectivity index (χ1) is 17.5. The quantitative estimate of drug-likeness (QED) is 0.302. The van der Waals surface area contributed by atoms with Crippen LogP contribution in [-0.4, -0.2) is 40.8 Å². The third-order valence-electron chi connectivity index (χ3n) is 5.64. The zero-order chi connectivity index (χ0) is 25.4. The minimum absolute atomic E-state index is 0.00935. The van der Waals surface area contributed by atoms with Crippen molar-refractivity contribution in [1.29, 1.82) is 0 Å². The third kappa shape index (κ3) is 6.38. The number of benzene rings is 2. The summed E-state index contributed by atoms with van der Waals surface area (Å²) in [5.41, 5.74) is 4.40. The van der Waals surface area contributed by atoms with Gasteiger partial charge in [-0.2, -0.15) is 4.31 Å². The Balaban J connectivity index is 1.60. The lowest BCUT2D eigenvalue weighted by Gasteiger charge is -2.22. The monoisotopic (exact) mass is 502 g/mol. The molecule has 0 aliphatic heterocycles.